The molecule has 0 amide bonds. The second-order valence-electron chi connectivity index (χ2n) is 7.04. The minimum atomic E-state index is -0.359. The van der Waals surface area contributed by atoms with Gasteiger partial charge in [0.05, 0.1) is 13.0 Å². The van der Waals surface area contributed by atoms with Gasteiger partial charge < -0.3 is 14.8 Å². The number of esters is 1. The predicted octanol–water partition coefficient (Wildman–Crippen LogP) is 4.84. The van der Waals surface area contributed by atoms with Crippen LogP contribution >= 0.6 is 0 Å². The molecule has 4 nitrogen and oxygen atoms in total. The first-order valence-electron chi connectivity index (χ1n) is 9.54. The Hall–Kier alpha value is -2.85. The normalized spacial score (nSPS) is 14.3. The molecule has 0 fully saturated rings. The van der Waals surface area contributed by atoms with E-state index in [-0.39, 0.29) is 24.0 Å². The van der Waals surface area contributed by atoms with Crippen molar-refractivity contribution in [1.29, 1.82) is 0 Å². The van der Waals surface area contributed by atoms with E-state index in [4.69, 9.17) is 9.47 Å². The van der Waals surface area contributed by atoms with Crippen LogP contribution in [0.1, 0.15) is 37.0 Å². The minimum absolute atomic E-state index is 0.00242. The molecule has 3 aromatic rings. The van der Waals surface area contributed by atoms with Crippen LogP contribution in [0.25, 0.3) is 10.8 Å². The van der Waals surface area contributed by atoms with Crippen molar-refractivity contribution in [3.63, 3.8) is 0 Å². The highest BCUT2D eigenvalue weighted by Gasteiger charge is 2.26. The highest BCUT2D eigenvalue weighted by atomic mass is 16.5. The number of hydrogen-bond donors (Lipinski definition) is 1. The largest absolute Gasteiger partial charge is 0.497 e. The van der Waals surface area contributed by atoms with E-state index in [9.17, 15) is 4.79 Å². The summed E-state index contributed by atoms with van der Waals surface area (Å²) in [5, 5.41) is 5.34. The zero-order valence-corrected chi connectivity index (χ0v) is 16.8. The van der Waals surface area contributed by atoms with Crippen LogP contribution in [0.4, 0.5) is 0 Å². The van der Waals surface area contributed by atoms with Crippen molar-refractivity contribution in [2.75, 3.05) is 14.2 Å². The smallest absolute Gasteiger partial charge is 0.313 e. The van der Waals surface area contributed by atoms with Crippen LogP contribution < -0.4 is 10.1 Å². The SMILES string of the molecule is CN[C@@H](C)C(OC(=O)[C@@H](C)c1ccc2cc(OC)ccc2c1)c1ccccc1. The zero-order chi connectivity index (χ0) is 20.1. The van der Waals surface area contributed by atoms with Crippen molar-refractivity contribution in [2.24, 2.45) is 0 Å². The summed E-state index contributed by atoms with van der Waals surface area (Å²) >= 11 is 0. The molecular formula is C24H27NO3. The molecule has 0 aromatic heterocycles. The molecule has 0 heterocycles. The van der Waals surface area contributed by atoms with E-state index >= 15 is 0 Å². The van der Waals surface area contributed by atoms with Crippen LogP contribution in [-0.2, 0) is 9.53 Å². The van der Waals surface area contributed by atoms with Gasteiger partial charge in [0.15, 0.2) is 0 Å². The predicted molar refractivity (Wildman–Crippen MR) is 113 cm³/mol. The number of benzene rings is 3. The molecule has 1 N–H and O–H groups in total. The van der Waals surface area contributed by atoms with Gasteiger partial charge in [0.25, 0.3) is 0 Å². The Morgan fingerprint density at radius 2 is 1.57 bits per heavy atom. The van der Waals surface area contributed by atoms with Gasteiger partial charge in [-0.15, -0.1) is 0 Å². The lowest BCUT2D eigenvalue weighted by molar-refractivity contribution is -0.152. The van der Waals surface area contributed by atoms with Crippen molar-refractivity contribution < 1.29 is 14.3 Å². The van der Waals surface area contributed by atoms with E-state index in [0.29, 0.717) is 0 Å². The van der Waals surface area contributed by atoms with Gasteiger partial charge >= 0.3 is 5.97 Å². The van der Waals surface area contributed by atoms with Gasteiger partial charge in [-0.25, -0.2) is 0 Å². The van der Waals surface area contributed by atoms with Gasteiger partial charge in [-0.3, -0.25) is 4.79 Å². The maximum atomic E-state index is 12.9. The molecule has 0 bridgehead atoms. The van der Waals surface area contributed by atoms with E-state index in [1.807, 2.05) is 87.6 Å². The molecule has 0 aliphatic heterocycles. The number of nitrogens with one attached hydrogen (secondary N) is 1. The molecule has 3 aromatic carbocycles. The molecule has 3 atom stereocenters. The van der Waals surface area contributed by atoms with Crippen molar-refractivity contribution in [3.8, 4) is 5.75 Å². The lowest BCUT2D eigenvalue weighted by Gasteiger charge is -2.26. The summed E-state index contributed by atoms with van der Waals surface area (Å²) < 4.78 is 11.2. The number of likely N-dealkylation sites (N-methyl/N-ethyl adjacent to an activating group) is 1. The van der Waals surface area contributed by atoms with E-state index in [0.717, 1.165) is 27.6 Å². The summed E-state index contributed by atoms with van der Waals surface area (Å²) in [5.41, 5.74) is 1.92. The second-order valence-corrected chi connectivity index (χ2v) is 7.04. The van der Waals surface area contributed by atoms with E-state index in [1.165, 1.54) is 0 Å². The summed E-state index contributed by atoms with van der Waals surface area (Å²) in [6, 6.07) is 21.8. The first-order chi connectivity index (χ1) is 13.5. The minimum Gasteiger partial charge on any atom is -0.497 e. The Morgan fingerprint density at radius 3 is 2.25 bits per heavy atom. The molecule has 1 unspecified atom stereocenters. The third-order valence-electron chi connectivity index (χ3n) is 5.21. The average Bonchev–Trinajstić information content (AvgIpc) is 2.76. The fraction of sp³-hybridized carbons (Fsp3) is 0.292. The topological polar surface area (TPSA) is 47.6 Å². The maximum Gasteiger partial charge on any atom is 0.313 e. The fourth-order valence-corrected chi connectivity index (χ4v) is 3.25. The molecule has 0 radical (unpaired) electrons. The van der Waals surface area contributed by atoms with E-state index in [2.05, 4.69) is 5.32 Å². The summed E-state index contributed by atoms with van der Waals surface area (Å²) in [4.78, 5) is 12.9. The molecule has 0 saturated heterocycles. The van der Waals surface area contributed by atoms with Crippen LogP contribution in [-0.4, -0.2) is 26.2 Å². The van der Waals surface area contributed by atoms with Crippen molar-refractivity contribution in [3.05, 3.63) is 77.9 Å². The highest BCUT2D eigenvalue weighted by Crippen LogP contribution is 2.28. The van der Waals surface area contributed by atoms with Gasteiger partial charge in [-0.2, -0.15) is 0 Å². The Morgan fingerprint density at radius 1 is 0.893 bits per heavy atom. The molecule has 28 heavy (non-hydrogen) atoms. The third kappa shape index (κ3) is 4.34. The van der Waals surface area contributed by atoms with Crippen LogP contribution in [0.2, 0.25) is 0 Å². The first-order valence-corrected chi connectivity index (χ1v) is 9.54. The summed E-state index contributed by atoms with van der Waals surface area (Å²) in [6.45, 7) is 3.90. The Balaban J connectivity index is 1.81. The van der Waals surface area contributed by atoms with Crippen molar-refractivity contribution in [2.45, 2.75) is 31.9 Å². The highest BCUT2D eigenvalue weighted by molar-refractivity contribution is 5.86. The average molecular weight is 377 g/mol. The summed E-state index contributed by atoms with van der Waals surface area (Å²) in [6.07, 6.45) is -0.342. The Kier molecular flexibility index (Phi) is 6.32. The van der Waals surface area contributed by atoms with E-state index < -0.39 is 0 Å². The summed E-state index contributed by atoms with van der Waals surface area (Å²) in [7, 11) is 3.53. The van der Waals surface area contributed by atoms with Crippen LogP contribution in [0.5, 0.6) is 5.75 Å². The van der Waals surface area contributed by atoms with Crippen molar-refractivity contribution >= 4 is 16.7 Å². The zero-order valence-electron chi connectivity index (χ0n) is 16.8. The number of rotatable bonds is 7. The van der Waals surface area contributed by atoms with Gasteiger partial charge in [0.2, 0.25) is 0 Å². The summed E-state index contributed by atoms with van der Waals surface area (Å²) in [5.74, 6) is 0.227. The Bertz CT molecular complexity index is 939. The number of hydrogen-bond acceptors (Lipinski definition) is 4. The Labute approximate surface area is 166 Å². The molecule has 0 aliphatic carbocycles. The van der Waals surface area contributed by atoms with Gasteiger partial charge in [0.1, 0.15) is 11.9 Å². The number of methoxy groups -OCH3 is 1. The van der Waals surface area contributed by atoms with E-state index in [1.54, 1.807) is 7.11 Å². The monoisotopic (exact) mass is 377 g/mol. The first kappa shape index (κ1) is 19.9. The van der Waals surface area contributed by atoms with Crippen LogP contribution in [0.3, 0.4) is 0 Å². The lowest BCUT2D eigenvalue weighted by Crippen LogP contribution is -2.33. The molecule has 3 rings (SSSR count). The number of carbonyl (C=O) groups excluding carboxylic acids is 1. The molecule has 0 spiro atoms. The fourth-order valence-electron chi connectivity index (χ4n) is 3.25. The van der Waals surface area contributed by atoms with Crippen LogP contribution in [0, 0.1) is 0 Å². The standard InChI is InChI=1S/C24H27NO3/c1-16(19-10-11-21-15-22(27-4)13-12-20(21)14-19)24(26)28-23(17(2)25-3)18-8-6-5-7-9-18/h5-17,23,25H,1-4H3/t16-,17-,23?/m0/s1. The molecule has 0 saturated carbocycles. The van der Waals surface area contributed by atoms with Crippen molar-refractivity contribution in [1.82, 2.24) is 5.32 Å². The number of carbonyl (C=O) groups is 1. The quantitative estimate of drug-likeness (QED) is 0.598. The van der Waals surface area contributed by atoms with Gasteiger partial charge in [-0.05, 0) is 54.9 Å². The second kappa shape index (κ2) is 8.89. The molecule has 4 heteroatoms. The van der Waals surface area contributed by atoms with Crippen LogP contribution in [0.15, 0.2) is 66.7 Å². The lowest BCUT2D eigenvalue weighted by atomic mass is 9.97. The van der Waals surface area contributed by atoms with Gasteiger partial charge in [0, 0.05) is 6.04 Å². The number of ether oxygens (including phenoxy) is 2. The third-order valence-corrected chi connectivity index (χ3v) is 5.21. The van der Waals surface area contributed by atoms with Gasteiger partial charge in [-0.1, -0.05) is 54.6 Å². The molecule has 0 aliphatic rings. The molecular weight excluding hydrogens is 350 g/mol. The molecule has 146 valence electrons. The number of fused-ring (bicyclic) bond motifs is 1. The maximum absolute atomic E-state index is 12.9.